The van der Waals surface area contributed by atoms with E-state index >= 15 is 0 Å². The van der Waals surface area contributed by atoms with Gasteiger partial charge in [0, 0.05) is 36.5 Å². The first-order chi connectivity index (χ1) is 15.5. The smallest absolute Gasteiger partial charge is 0.119 e. The van der Waals surface area contributed by atoms with E-state index in [4.69, 9.17) is 26.2 Å². The van der Waals surface area contributed by atoms with Gasteiger partial charge in [-0.15, -0.1) is 0 Å². The molecule has 0 N–H and O–H groups in total. The van der Waals surface area contributed by atoms with Gasteiger partial charge >= 0.3 is 0 Å². The average molecular weight is 456 g/mol. The summed E-state index contributed by atoms with van der Waals surface area (Å²) in [5.74, 6) is 0.918. The summed E-state index contributed by atoms with van der Waals surface area (Å²) >= 11 is 6.33. The van der Waals surface area contributed by atoms with Crippen LogP contribution in [0, 0.1) is 13.8 Å². The van der Waals surface area contributed by atoms with Crippen LogP contribution in [0.2, 0.25) is 5.02 Å². The fraction of sp³-hybridized carbons (Fsp3) is 0.423. The summed E-state index contributed by atoms with van der Waals surface area (Å²) < 4.78 is 13.1. The maximum Gasteiger partial charge on any atom is 0.119 e. The fourth-order valence-corrected chi connectivity index (χ4v) is 3.95. The first kappa shape index (κ1) is 24.3. The van der Waals surface area contributed by atoms with Crippen molar-refractivity contribution in [2.45, 2.75) is 39.8 Å². The Hall–Kier alpha value is -2.34. The predicted octanol–water partition coefficient (Wildman–Crippen LogP) is 5.29. The second kappa shape index (κ2) is 12.0. The number of methoxy groups -OCH3 is 1. The molecule has 3 rings (SSSR count). The Kier molecular flexibility index (Phi) is 9.15. The van der Waals surface area contributed by atoms with Gasteiger partial charge in [-0.1, -0.05) is 41.9 Å². The summed E-state index contributed by atoms with van der Waals surface area (Å²) in [6.45, 7) is 8.18. The van der Waals surface area contributed by atoms with E-state index in [1.807, 2.05) is 30.3 Å². The molecule has 0 amide bonds. The summed E-state index contributed by atoms with van der Waals surface area (Å²) in [4.78, 5) is 2.33. The quantitative estimate of drug-likeness (QED) is 0.348. The van der Waals surface area contributed by atoms with Crippen molar-refractivity contribution in [2.75, 3.05) is 33.9 Å². The van der Waals surface area contributed by atoms with E-state index in [-0.39, 0.29) is 0 Å². The Morgan fingerprint density at radius 3 is 2.50 bits per heavy atom. The minimum atomic E-state index is 0.689. The number of aromatic nitrogens is 2. The maximum absolute atomic E-state index is 6.33. The lowest BCUT2D eigenvalue weighted by Gasteiger charge is -2.17. The lowest BCUT2D eigenvalue weighted by molar-refractivity contribution is 0.202. The number of aryl methyl sites for hydroxylation is 1. The lowest BCUT2D eigenvalue weighted by atomic mass is 10.1. The zero-order chi connectivity index (χ0) is 22.9. The van der Waals surface area contributed by atoms with Gasteiger partial charge in [-0.05, 0) is 63.1 Å². The molecule has 1 aromatic heterocycles. The van der Waals surface area contributed by atoms with Crippen LogP contribution in [0.25, 0.3) is 0 Å². The van der Waals surface area contributed by atoms with E-state index < -0.39 is 0 Å². The molecule has 0 aliphatic rings. The number of rotatable bonds is 12. The SMILES string of the molecule is COCCc1ccc(OCCCN(C)Cc2c(C)nn(Cc3ccccc3Cl)c2C)cc1. The van der Waals surface area contributed by atoms with E-state index in [1.165, 1.54) is 16.8 Å². The van der Waals surface area contributed by atoms with E-state index in [1.54, 1.807) is 7.11 Å². The Balaban J connectivity index is 1.46. The van der Waals surface area contributed by atoms with Crippen LogP contribution in [-0.4, -0.2) is 48.6 Å². The molecule has 0 spiro atoms. The van der Waals surface area contributed by atoms with Gasteiger partial charge < -0.3 is 14.4 Å². The van der Waals surface area contributed by atoms with Crippen LogP contribution >= 0.6 is 11.6 Å². The van der Waals surface area contributed by atoms with Gasteiger partial charge in [0.25, 0.3) is 0 Å². The molecule has 1 heterocycles. The van der Waals surface area contributed by atoms with Crippen molar-refractivity contribution < 1.29 is 9.47 Å². The molecule has 6 heteroatoms. The van der Waals surface area contributed by atoms with Gasteiger partial charge in [-0.2, -0.15) is 5.10 Å². The molecule has 3 aromatic rings. The van der Waals surface area contributed by atoms with Crippen LogP contribution in [0.4, 0.5) is 0 Å². The molecule has 0 saturated heterocycles. The number of benzene rings is 2. The summed E-state index contributed by atoms with van der Waals surface area (Å²) in [7, 11) is 3.87. The highest BCUT2D eigenvalue weighted by Gasteiger charge is 2.14. The van der Waals surface area contributed by atoms with Crippen molar-refractivity contribution in [3.63, 3.8) is 0 Å². The zero-order valence-electron chi connectivity index (χ0n) is 19.6. The van der Waals surface area contributed by atoms with Crippen molar-refractivity contribution in [1.29, 1.82) is 0 Å². The number of hydrogen-bond donors (Lipinski definition) is 0. The van der Waals surface area contributed by atoms with Crippen LogP contribution in [-0.2, 0) is 24.2 Å². The van der Waals surface area contributed by atoms with Gasteiger partial charge in [0.15, 0.2) is 0 Å². The molecule has 0 bridgehead atoms. The van der Waals surface area contributed by atoms with E-state index in [0.717, 1.165) is 54.6 Å². The van der Waals surface area contributed by atoms with Crippen molar-refractivity contribution in [3.05, 3.63) is 81.6 Å². The van der Waals surface area contributed by atoms with Gasteiger partial charge in [0.1, 0.15) is 5.75 Å². The normalized spacial score (nSPS) is 11.3. The van der Waals surface area contributed by atoms with Crippen LogP contribution < -0.4 is 4.74 Å². The largest absolute Gasteiger partial charge is 0.494 e. The molecule has 0 fully saturated rings. The molecule has 0 aliphatic carbocycles. The van der Waals surface area contributed by atoms with Gasteiger partial charge in [-0.3, -0.25) is 4.68 Å². The average Bonchev–Trinajstić information content (AvgIpc) is 3.05. The van der Waals surface area contributed by atoms with Crippen molar-refractivity contribution in [3.8, 4) is 5.75 Å². The van der Waals surface area contributed by atoms with Crippen molar-refractivity contribution >= 4 is 11.6 Å². The van der Waals surface area contributed by atoms with Crippen molar-refractivity contribution in [2.24, 2.45) is 0 Å². The minimum absolute atomic E-state index is 0.689. The Bertz CT molecular complexity index is 985. The van der Waals surface area contributed by atoms with Crippen LogP contribution in [0.1, 0.15) is 34.5 Å². The topological polar surface area (TPSA) is 39.5 Å². The highest BCUT2D eigenvalue weighted by atomic mass is 35.5. The van der Waals surface area contributed by atoms with Gasteiger partial charge in [0.2, 0.25) is 0 Å². The second-order valence-corrected chi connectivity index (χ2v) is 8.63. The lowest BCUT2D eigenvalue weighted by Crippen LogP contribution is -2.21. The highest BCUT2D eigenvalue weighted by molar-refractivity contribution is 6.31. The molecule has 0 saturated carbocycles. The van der Waals surface area contributed by atoms with E-state index in [9.17, 15) is 0 Å². The molecule has 0 atom stereocenters. The second-order valence-electron chi connectivity index (χ2n) is 8.22. The molecule has 2 aromatic carbocycles. The first-order valence-corrected chi connectivity index (χ1v) is 11.5. The zero-order valence-corrected chi connectivity index (χ0v) is 20.4. The summed E-state index contributed by atoms with van der Waals surface area (Å²) in [6, 6.07) is 16.2. The third-order valence-electron chi connectivity index (χ3n) is 5.71. The Morgan fingerprint density at radius 2 is 1.78 bits per heavy atom. The predicted molar refractivity (Wildman–Crippen MR) is 131 cm³/mol. The van der Waals surface area contributed by atoms with Gasteiger partial charge in [0.05, 0.1) is 25.5 Å². The molecule has 0 radical (unpaired) electrons. The number of hydrogen-bond acceptors (Lipinski definition) is 4. The van der Waals surface area contributed by atoms with Crippen LogP contribution in [0.5, 0.6) is 5.75 Å². The summed E-state index contributed by atoms with van der Waals surface area (Å²) in [5.41, 5.74) is 5.90. The fourth-order valence-electron chi connectivity index (χ4n) is 3.75. The Morgan fingerprint density at radius 1 is 1.03 bits per heavy atom. The van der Waals surface area contributed by atoms with Crippen molar-refractivity contribution in [1.82, 2.24) is 14.7 Å². The molecule has 0 unspecified atom stereocenters. The maximum atomic E-state index is 6.33. The number of nitrogens with zero attached hydrogens (tertiary/aromatic N) is 3. The molecule has 5 nitrogen and oxygen atoms in total. The highest BCUT2D eigenvalue weighted by Crippen LogP contribution is 2.20. The monoisotopic (exact) mass is 455 g/mol. The summed E-state index contributed by atoms with van der Waals surface area (Å²) in [5, 5.41) is 5.54. The van der Waals surface area contributed by atoms with Crippen LogP contribution in [0.15, 0.2) is 48.5 Å². The molecule has 0 aliphatic heterocycles. The van der Waals surface area contributed by atoms with E-state index in [0.29, 0.717) is 13.2 Å². The summed E-state index contributed by atoms with van der Waals surface area (Å²) in [6.07, 6.45) is 1.89. The molecule has 32 heavy (non-hydrogen) atoms. The third-order valence-corrected chi connectivity index (χ3v) is 6.08. The molecule has 172 valence electrons. The molecular formula is C26H34ClN3O2. The number of ether oxygens (including phenoxy) is 2. The van der Waals surface area contributed by atoms with Crippen LogP contribution in [0.3, 0.4) is 0 Å². The van der Waals surface area contributed by atoms with E-state index in [2.05, 4.69) is 48.7 Å². The first-order valence-electron chi connectivity index (χ1n) is 11.1. The molecular weight excluding hydrogens is 422 g/mol. The third kappa shape index (κ3) is 6.83. The standard InChI is InChI=1S/C26H34ClN3O2/c1-20-25(21(2)30(28-20)18-23-8-5-6-9-26(23)27)19-29(3)15-7-16-32-24-12-10-22(11-13-24)14-17-31-4/h5-6,8-13H,7,14-19H2,1-4H3. The van der Waals surface area contributed by atoms with Gasteiger partial charge in [-0.25, -0.2) is 0 Å². The minimum Gasteiger partial charge on any atom is -0.494 e. The Labute approximate surface area is 196 Å². The number of halogens is 1.